The monoisotopic (exact) mass is 164 g/mol. The topological polar surface area (TPSA) is 15.3 Å². The van der Waals surface area contributed by atoms with Gasteiger partial charge in [0, 0.05) is 19.0 Å². The zero-order valence-electron chi connectivity index (χ0n) is 6.90. The van der Waals surface area contributed by atoms with E-state index in [-0.39, 0.29) is 19.0 Å². The molecule has 0 spiro atoms. The largest absolute Gasteiger partial charge is 0.308 e. The number of likely N-dealkylation sites (N-methyl/N-ethyl adjacent to an activating group) is 1. The van der Waals surface area contributed by atoms with Gasteiger partial charge in [-0.15, -0.1) is 0 Å². The molecule has 0 aromatic heterocycles. The smallest absolute Gasteiger partial charge is 0.261 e. The standard InChI is InChI=1S/C7H14F2N2/c1-11(2)4-6-3-7(8,9)5-10-6/h6,10H,3-5H2,1-2H3. The van der Waals surface area contributed by atoms with Crippen LogP contribution in [0.4, 0.5) is 8.78 Å². The summed E-state index contributed by atoms with van der Waals surface area (Å²) in [6, 6.07) is -0.0417. The Hall–Kier alpha value is -0.220. The number of halogens is 2. The minimum absolute atomic E-state index is 0.0226. The summed E-state index contributed by atoms with van der Waals surface area (Å²) in [4.78, 5) is 1.92. The molecule has 0 amide bonds. The summed E-state index contributed by atoms with van der Waals surface area (Å²) in [6.45, 7) is 0.529. The van der Waals surface area contributed by atoms with E-state index in [1.54, 1.807) is 0 Å². The van der Waals surface area contributed by atoms with Crippen molar-refractivity contribution in [3.63, 3.8) is 0 Å². The SMILES string of the molecule is CN(C)CC1CC(F)(F)CN1. The van der Waals surface area contributed by atoms with Gasteiger partial charge in [-0.05, 0) is 14.1 Å². The first-order valence-corrected chi connectivity index (χ1v) is 3.75. The summed E-state index contributed by atoms with van der Waals surface area (Å²) in [5, 5.41) is 2.79. The molecule has 1 atom stereocenters. The van der Waals surface area contributed by atoms with E-state index in [1.807, 2.05) is 19.0 Å². The molecule has 1 N–H and O–H groups in total. The van der Waals surface area contributed by atoms with Gasteiger partial charge in [-0.25, -0.2) is 8.78 Å². The molecule has 1 saturated heterocycles. The van der Waals surface area contributed by atoms with Crippen LogP contribution < -0.4 is 5.32 Å². The van der Waals surface area contributed by atoms with Crippen molar-refractivity contribution in [2.45, 2.75) is 18.4 Å². The third kappa shape index (κ3) is 2.71. The maximum atomic E-state index is 12.6. The van der Waals surface area contributed by atoms with E-state index < -0.39 is 5.92 Å². The van der Waals surface area contributed by atoms with Crippen LogP contribution in [0.1, 0.15) is 6.42 Å². The summed E-state index contributed by atoms with van der Waals surface area (Å²) >= 11 is 0. The minimum Gasteiger partial charge on any atom is -0.308 e. The Labute approximate surface area is 65.6 Å². The fourth-order valence-electron chi connectivity index (χ4n) is 1.37. The third-order valence-corrected chi connectivity index (χ3v) is 1.78. The minimum atomic E-state index is -2.49. The van der Waals surface area contributed by atoms with Gasteiger partial charge in [-0.1, -0.05) is 0 Å². The van der Waals surface area contributed by atoms with Gasteiger partial charge in [0.2, 0.25) is 0 Å². The molecule has 1 unspecified atom stereocenters. The van der Waals surface area contributed by atoms with Crippen molar-refractivity contribution < 1.29 is 8.78 Å². The Morgan fingerprint density at radius 2 is 2.18 bits per heavy atom. The van der Waals surface area contributed by atoms with Gasteiger partial charge in [-0.3, -0.25) is 0 Å². The molecule has 11 heavy (non-hydrogen) atoms. The zero-order valence-corrected chi connectivity index (χ0v) is 6.90. The van der Waals surface area contributed by atoms with Crippen LogP contribution in [-0.4, -0.2) is 44.0 Å². The second-order valence-electron chi connectivity index (χ2n) is 3.40. The van der Waals surface area contributed by atoms with E-state index in [1.165, 1.54) is 0 Å². The Kier molecular flexibility index (Phi) is 2.44. The third-order valence-electron chi connectivity index (χ3n) is 1.78. The van der Waals surface area contributed by atoms with Crippen LogP contribution in [0.5, 0.6) is 0 Å². The van der Waals surface area contributed by atoms with Crippen LogP contribution in [0.2, 0.25) is 0 Å². The van der Waals surface area contributed by atoms with Crippen molar-refractivity contribution in [3.8, 4) is 0 Å². The highest BCUT2D eigenvalue weighted by Gasteiger charge is 2.38. The lowest BCUT2D eigenvalue weighted by atomic mass is 10.2. The van der Waals surface area contributed by atoms with Gasteiger partial charge in [-0.2, -0.15) is 0 Å². The van der Waals surface area contributed by atoms with Crippen molar-refractivity contribution in [1.29, 1.82) is 0 Å². The Morgan fingerprint density at radius 3 is 2.55 bits per heavy atom. The normalized spacial score (nSPS) is 29.7. The summed E-state index contributed by atoms with van der Waals surface area (Å²) in [6.07, 6.45) is -0.0226. The second kappa shape index (κ2) is 3.03. The van der Waals surface area contributed by atoms with Crippen molar-refractivity contribution >= 4 is 0 Å². The molecule has 0 radical (unpaired) electrons. The fraction of sp³-hybridized carbons (Fsp3) is 1.00. The lowest BCUT2D eigenvalue weighted by Crippen LogP contribution is -2.33. The van der Waals surface area contributed by atoms with Gasteiger partial charge in [0.05, 0.1) is 6.54 Å². The number of nitrogens with one attached hydrogen (secondary N) is 1. The molecule has 4 heteroatoms. The average Bonchev–Trinajstić information content (AvgIpc) is 2.08. The molecule has 2 nitrogen and oxygen atoms in total. The molecular weight excluding hydrogens is 150 g/mol. The maximum absolute atomic E-state index is 12.6. The molecule has 66 valence electrons. The Bertz CT molecular complexity index is 136. The molecule has 0 saturated carbocycles. The van der Waals surface area contributed by atoms with Crippen LogP contribution in [0.3, 0.4) is 0 Å². The molecule has 1 aliphatic heterocycles. The molecule has 1 rings (SSSR count). The van der Waals surface area contributed by atoms with E-state index >= 15 is 0 Å². The first-order valence-electron chi connectivity index (χ1n) is 3.75. The summed E-state index contributed by atoms with van der Waals surface area (Å²) < 4.78 is 25.1. The van der Waals surface area contributed by atoms with Crippen molar-refractivity contribution in [3.05, 3.63) is 0 Å². The molecule has 1 fully saturated rings. The highest BCUT2D eigenvalue weighted by molar-refractivity contribution is 4.88. The van der Waals surface area contributed by atoms with Crippen LogP contribution in [0, 0.1) is 0 Å². The summed E-state index contributed by atoms with van der Waals surface area (Å²) in [5.74, 6) is -2.49. The fourth-order valence-corrected chi connectivity index (χ4v) is 1.37. The second-order valence-corrected chi connectivity index (χ2v) is 3.40. The molecule has 0 aromatic rings. The molecule has 1 aliphatic rings. The van der Waals surface area contributed by atoms with E-state index in [4.69, 9.17) is 0 Å². The van der Waals surface area contributed by atoms with Crippen LogP contribution in [-0.2, 0) is 0 Å². The molecule has 1 heterocycles. The highest BCUT2D eigenvalue weighted by Crippen LogP contribution is 2.24. The Morgan fingerprint density at radius 1 is 1.55 bits per heavy atom. The zero-order chi connectivity index (χ0) is 8.48. The molecule has 0 aliphatic carbocycles. The van der Waals surface area contributed by atoms with Crippen LogP contribution >= 0.6 is 0 Å². The first kappa shape index (κ1) is 8.87. The molecule has 0 bridgehead atoms. The average molecular weight is 164 g/mol. The van der Waals surface area contributed by atoms with E-state index in [2.05, 4.69) is 5.32 Å². The number of alkyl halides is 2. The lowest BCUT2D eigenvalue weighted by molar-refractivity contribution is 0.0204. The predicted molar refractivity (Wildman–Crippen MR) is 39.9 cm³/mol. The highest BCUT2D eigenvalue weighted by atomic mass is 19.3. The molecule has 0 aromatic carbocycles. The van der Waals surface area contributed by atoms with Gasteiger partial charge in [0.1, 0.15) is 0 Å². The predicted octanol–water partition coefficient (Wildman–Crippen LogP) is 0.545. The summed E-state index contributed by atoms with van der Waals surface area (Å²) in [5.41, 5.74) is 0. The van der Waals surface area contributed by atoms with E-state index in [0.717, 1.165) is 0 Å². The van der Waals surface area contributed by atoms with Gasteiger partial charge in [0.15, 0.2) is 0 Å². The van der Waals surface area contributed by atoms with Gasteiger partial charge >= 0.3 is 0 Å². The number of rotatable bonds is 2. The van der Waals surface area contributed by atoms with Gasteiger partial charge < -0.3 is 10.2 Å². The van der Waals surface area contributed by atoms with Crippen LogP contribution in [0.25, 0.3) is 0 Å². The number of nitrogens with zero attached hydrogens (tertiary/aromatic N) is 1. The quantitative estimate of drug-likeness (QED) is 0.641. The maximum Gasteiger partial charge on any atom is 0.261 e. The van der Waals surface area contributed by atoms with Crippen LogP contribution in [0.15, 0.2) is 0 Å². The Balaban J connectivity index is 2.31. The van der Waals surface area contributed by atoms with Gasteiger partial charge in [0.25, 0.3) is 5.92 Å². The van der Waals surface area contributed by atoms with Crippen molar-refractivity contribution in [2.75, 3.05) is 27.2 Å². The number of hydrogen-bond donors (Lipinski definition) is 1. The van der Waals surface area contributed by atoms with E-state index in [0.29, 0.717) is 6.54 Å². The van der Waals surface area contributed by atoms with Crippen molar-refractivity contribution in [1.82, 2.24) is 10.2 Å². The van der Waals surface area contributed by atoms with Crippen molar-refractivity contribution in [2.24, 2.45) is 0 Å². The van der Waals surface area contributed by atoms with E-state index in [9.17, 15) is 8.78 Å². The molecular formula is C7H14F2N2. The summed E-state index contributed by atoms with van der Waals surface area (Å²) in [7, 11) is 3.77. The first-order chi connectivity index (χ1) is 4.99. The lowest BCUT2D eigenvalue weighted by Gasteiger charge is -2.15. The number of hydrogen-bond acceptors (Lipinski definition) is 2.